The Labute approximate surface area is 163 Å². The summed E-state index contributed by atoms with van der Waals surface area (Å²) in [6.07, 6.45) is 6.45. The van der Waals surface area contributed by atoms with Gasteiger partial charge >= 0.3 is 0 Å². The van der Waals surface area contributed by atoms with Crippen molar-refractivity contribution in [3.05, 3.63) is 71.9 Å². The van der Waals surface area contributed by atoms with Crippen molar-refractivity contribution in [1.82, 2.24) is 24.6 Å². The van der Waals surface area contributed by atoms with Crippen molar-refractivity contribution in [3.63, 3.8) is 0 Å². The standard InChI is InChI=1S/C21H21N5O2/c1-15-17(13-24-26(15)19-9-3-5-11-23-19)21(28)25-12-6-7-16(14-25)20(27)18-8-2-4-10-22-18/h2-5,8-11,13,16H,6-7,12,14H2,1H3. The van der Waals surface area contributed by atoms with Crippen LogP contribution >= 0.6 is 0 Å². The molecule has 1 aliphatic rings. The van der Waals surface area contributed by atoms with Gasteiger partial charge in [0.05, 0.1) is 17.5 Å². The summed E-state index contributed by atoms with van der Waals surface area (Å²) in [5.74, 6) is 0.344. The maximum Gasteiger partial charge on any atom is 0.257 e. The van der Waals surface area contributed by atoms with E-state index in [-0.39, 0.29) is 17.6 Å². The average Bonchev–Trinajstić information content (AvgIpc) is 3.15. The Morgan fingerprint density at radius 2 is 1.86 bits per heavy atom. The molecule has 1 saturated heterocycles. The number of nitrogens with zero attached hydrogens (tertiary/aromatic N) is 5. The highest BCUT2D eigenvalue weighted by molar-refractivity contribution is 5.98. The number of piperidine rings is 1. The van der Waals surface area contributed by atoms with E-state index in [0.717, 1.165) is 18.5 Å². The zero-order valence-electron chi connectivity index (χ0n) is 15.7. The lowest BCUT2D eigenvalue weighted by Crippen LogP contribution is -2.42. The Morgan fingerprint density at radius 3 is 2.57 bits per heavy atom. The lowest BCUT2D eigenvalue weighted by atomic mass is 9.91. The van der Waals surface area contributed by atoms with Crippen molar-refractivity contribution < 1.29 is 9.59 Å². The molecule has 1 unspecified atom stereocenters. The SMILES string of the molecule is Cc1c(C(=O)N2CCCC(C(=O)c3ccccn3)C2)cnn1-c1ccccn1. The number of likely N-dealkylation sites (tertiary alicyclic amines) is 1. The lowest BCUT2D eigenvalue weighted by Gasteiger charge is -2.31. The number of pyridine rings is 2. The molecule has 0 radical (unpaired) electrons. The van der Waals surface area contributed by atoms with Crippen LogP contribution in [0.2, 0.25) is 0 Å². The largest absolute Gasteiger partial charge is 0.338 e. The molecule has 0 saturated carbocycles. The van der Waals surface area contributed by atoms with E-state index in [0.29, 0.717) is 30.2 Å². The van der Waals surface area contributed by atoms with Crippen LogP contribution in [0.25, 0.3) is 5.82 Å². The molecule has 0 bridgehead atoms. The number of ketones is 1. The first kappa shape index (κ1) is 18.0. The average molecular weight is 375 g/mol. The van der Waals surface area contributed by atoms with Crippen molar-refractivity contribution in [1.29, 1.82) is 0 Å². The summed E-state index contributed by atoms with van der Waals surface area (Å²) in [6, 6.07) is 10.9. The van der Waals surface area contributed by atoms with Crippen LogP contribution in [0.3, 0.4) is 0 Å². The zero-order valence-corrected chi connectivity index (χ0v) is 15.7. The van der Waals surface area contributed by atoms with Gasteiger partial charge < -0.3 is 4.90 Å². The van der Waals surface area contributed by atoms with Gasteiger partial charge in [-0.15, -0.1) is 0 Å². The minimum absolute atomic E-state index is 0.000923. The third kappa shape index (κ3) is 3.43. The molecular formula is C21H21N5O2. The fourth-order valence-electron chi connectivity index (χ4n) is 3.59. The van der Waals surface area contributed by atoms with E-state index in [1.807, 2.05) is 25.1 Å². The molecule has 0 N–H and O–H groups in total. The van der Waals surface area contributed by atoms with Crippen LogP contribution in [-0.2, 0) is 0 Å². The van der Waals surface area contributed by atoms with Gasteiger partial charge in [-0.2, -0.15) is 5.10 Å². The summed E-state index contributed by atoms with van der Waals surface area (Å²) >= 11 is 0. The predicted molar refractivity (Wildman–Crippen MR) is 103 cm³/mol. The minimum Gasteiger partial charge on any atom is -0.338 e. The van der Waals surface area contributed by atoms with Crippen LogP contribution in [0.1, 0.15) is 39.4 Å². The molecule has 28 heavy (non-hydrogen) atoms. The van der Waals surface area contributed by atoms with Gasteiger partial charge in [0.1, 0.15) is 5.69 Å². The summed E-state index contributed by atoms with van der Waals surface area (Å²) in [5, 5.41) is 4.33. The Morgan fingerprint density at radius 1 is 1.07 bits per heavy atom. The molecule has 3 aromatic rings. The number of aromatic nitrogens is 4. The summed E-state index contributed by atoms with van der Waals surface area (Å²) in [6.45, 7) is 2.90. The Hall–Kier alpha value is -3.35. The van der Waals surface area contributed by atoms with E-state index >= 15 is 0 Å². The van der Waals surface area contributed by atoms with Crippen LogP contribution < -0.4 is 0 Å². The molecule has 1 amide bonds. The van der Waals surface area contributed by atoms with Crippen molar-refractivity contribution in [3.8, 4) is 5.82 Å². The molecule has 1 aliphatic heterocycles. The van der Waals surface area contributed by atoms with E-state index in [1.54, 1.807) is 46.4 Å². The Kier molecular flexibility index (Phi) is 4.97. The highest BCUT2D eigenvalue weighted by atomic mass is 16.2. The number of carbonyl (C=O) groups excluding carboxylic acids is 2. The van der Waals surface area contributed by atoms with E-state index < -0.39 is 0 Å². The summed E-state index contributed by atoms with van der Waals surface area (Å²) in [7, 11) is 0. The van der Waals surface area contributed by atoms with E-state index in [1.165, 1.54) is 0 Å². The van der Waals surface area contributed by atoms with E-state index in [2.05, 4.69) is 15.1 Å². The monoisotopic (exact) mass is 375 g/mol. The van der Waals surface area contributed by atoms with Gasteiger partial charge in [-0.3, -0.25) is 14.6 Å². The van der Waals surface area contributed by atoms with Gasteiger partial charge in [-0.05, 0) is 44.0 Å². The second-order valence-electron chi connectivity index (χ2n) is 6.91. The van der Waals surface area contributed by atoms with Crippen LogP contribution in [0.4, 0.5) is 0 Å². The number of hydrogen-bond donors (Lipinski definition) is 0. The van der Waals surface area contributed by atoms with Gasteiger partial charge in [0.15, 0.2) is 11.6 Å². The molecule has 3 aromatic heterocycles. The molecule has 0 aliphatic carbocycles. The van der Waals surface area contributed by atoms with Crippen molar-refractivity contribution in [2.75, 3.05) is 13.1 Å². The van der Waals surface area contributed by atoms with Gasteiger partial charge in [0.25, 0.3) is 5.91 Å². The molecule has 1 fully saturated rings. The zero-order chi connectivity index (χ0) is 19.5. The topological polar surface area (TPSA) is 81.0 Å². The Bertz CT molecular complexity index is 985. The molecule has 7 nitrogen and oxygen atoms in total. The maximum atomic E-state index is 13.1. The molecular weight excluding hydrogens is 354 g/mol. The lowest BCUT2D eigenvalue weighted by molar-refractivity contribution is 0.0635. The van der Waals surface area contributed by atoms with Gasteiger partial charge in [-0.25, -0.2) is 9.67 Å². The van der Waals surface area contributed by atoms with Gasteiger partial charge in [-0.1, -0.05) is 12.1 Å². The predicted octanol–water partition coefficient (Wildman–Crippen LogP) is 2.71. The van der Waals surface area contributed by atoms with Gasteiger partial charge in [0.2, 0.25) is 0 Å². The van der Waals surface area contributed by atoms with Crippen LogP contribution in [0.15, 0.2) is 55.0 Å². The van der Waals surface area contributed by atoms with Crippen molar-refractivity contribution in [2.45, 2.75) is 19.8 Å². The number of amides is 1. The summed E-state index contributed by atoms with van der Waals surface area (Å²) in [4.78, 5) is 36.0. The molecule has 4 heterocycles. The fourth-order valence-corrected chi connectivity index (χ4v) is 3.59. The third-order valence-corrected chi connectivity index (χ3v) is 5.10. The van der Waals surface area contributed by atoms with Crippen molar-refractivity contribution >= 4 is 11.7 Å². The molecule has 0 spiro atoms. The van der Waals surface area contributed by atoms with Gasteiger partial charge in [0, 0.05) is 31.4 Å². The first-order chi connectivity index (χ1) is 13.6. The Balaban J connectivity index is 1.52. The molecule has 4 rings (SSSR count). The molecule has 1 atom stereocenters. The second kappa shape index (κ2) is 7.72. The number of carbonyl (C=O) groups is 2. The number of Topliss-reactive ketones (excluding diaryl/α,β-unsaturated/α-hetero) is 1. The molecule has 142 valence electrons. The summed E-state index contributed by atoms with van der Waals surface area (Å²) in [5.41, 5.74) is 1.74. The van der Waals surface area contributed by atoms with E-state index in [4.69, 9.17) is 0 Å². The number of hydrogen-bond acceptors (Lipinski definition) is 5. The second-order valence-corrected chi connectivity index (χ2v) is 6.91. The molecule has 7 heteroatoms. The number of rotatable bonds is 4. The quantitative estimate of drug-likeness (QED) is 0.655. The van der Waals surface area contributed by atoms with Crippen molar-refractivity contribution in [2.24, 2.45) is 5.92 Å². The molecule has 0 aromatic carbocycles. The van der Waals surface area contributed by atoms with Crippen LogP contribution in [0, 0.1) is 12.8 Å². The highest BCUT2D eigenvalue weighted by Gasteiger charge is 2.31. The third-order valence-electron chi connectivity index (χ3n) is 5.10. The maximum absolute atomic E-state index is 13.1. The first-order valence-corrected chi connectivity index (χ1v) is 9.35. The highest BCUT2D eigenvalue weighted by Crippen LogP contribution is 2.23. The first-order valence-electron chi connectivity index (χ1n) is 9.35. The summed E-state index contributed by atoms with van der Waals surface area (Å²) < 4.78 is 1.66. The van der Waals surface area contributed by atoms with Crippen LogP contribution in [0.5, 0.6) is 0 Å². The van der Waals surface area contributed by atoms with Crippen LogP contribution in [-0.4, -0.2) is 49.4 Å². The fraction of sp³-hybridized carbons (Fsp3) is 0.286. The normalized spacial score (nSPS) is 16.8. The van der Waals surface area contributed by atoms with E-state index in [9.17, 15) is 9.59 Å². The minimum atomic E-state index is -0.223. The smallest absolute Gasteiger partial charge is 0.257 e.